The van der Waals surface area contributed by atoms with Gasteiger partial charge in [0.05, 0.1) is 12.2 Å². The van der Waals surface area contributed by atoms with Crippen LogP contribution in [0.4, 0.5) is 0 Å². The van der Waals surface area contributed by atoms with Gasteiger partial charge in [-0.15, -0.1) is 11.3 Å². The second-order valence-corrected chi connectivity index (χ2v) is 9.07. The Labute approximate surface area is 188 Å². The first-order valence-corrected chi connectivity index (χ1v) is 10.9. The molecule has 1 aromatic carbocycles. The number of aromatic nitrogens is 2. The van der Waals surface area contributed by atoms with E-state index >= 15 is 0 Å². The highest BCUT2D eigenvalue weighted by atomic mass is 32.1. The Morgan fingerprint density at radius 2 is 2.09 bits per heavy atom. The number of amidine groups is 1. The number of nitrogens with zero attached hydrogens (tertiary/aromatic N) is 4. The predicted molar refractivity (Wildman–Crippen MR) is 121 cm³/mol. The molecule has 0 bridgehead atoms. The lowest BCUT2D eigenvalue weighted by Gasteiger charge is -2.44. The molecular weight excluding hydrogens is 422 g/mol. The van der Waals surface area contributed by atoms with Crippen molar-refractivity contribution < 1.29 is 9.21 Å². The molecule has 32 heavy (non-hydrogen) atoms. The molecule has 1 aliphatic rings. The molecule has 8 heteroatoms. The number of hydrogen-bond donors (Lipinski definition) is 1. The highest BCUT2D eigenvalue weighted by molar-refractivity contribution is 7.10. The maximum absolute atomic E-state index is 13.5. The predicted octanol–water partition coefficient (Wildman–Crippen LogP) is 4.70. The van der Waals surface area contributed by atoms with E-state index in [0.29, 0.717) is 12.1 Å². The van der Waals surface area contributed by atoms with Gasteiger partial charge in [-0.2, -0.15) is 5.26 Å². The van der Waals surface area contributed by atoms with Gasteiger partial charge < -0.3 is 9.32 Å². The summed E-state index contributed by atoms with van der Waals surface area (Å²) in [5.41, 5.74) is 2.60. The van der Waals surface area contributed by atoms with E-state index in [2.05, 4.69) is 16.0 Å². The lowest BCUT2D eigenvalue weighted by Crippen LogP contribution is -2.51. The van der Waals surface area contributed by atoms with Crippen LogP contribution >= 0.6 is 11.3 Å². The van der Waals surface area contributed by atoms with Gasteiger partial charge in [0.2, 0.25) is 5.91 Å². The number of rotatable bonds is 3. The molecule has 1 amide bonds. The number of likely N-dealkylation sites (tertiary alicyclic amines) is 1. The summed E-state index contributed by atoms with van der Waals surface area (Å²) >= 11 is 1.51. The van der Waals surface area contributed by atoms with Crippen LogP contribution in [0.3, 0.4) is 0 Å². The summed E-state index contributed by atoms with van der Waals surface area (Å²) in [6.07, 6.45) is 5.11. The van der Waals surface area contributed by atoms with Gasteiger partial charge in [0.1, 0.15) is 23.2 Å². The van der Waals surface area contributed by atoms with E-state index in [4.69, 9.17) is 9.83 Å². The third-order valence-corrected chi connectivity index (χ3v) is 7.41. The van der Waals surface area contributed by atoms with Crippen molar-refractivity contribution in [2.45, 2.75) is 24.7 Å². The van der Waals surface area contributed by atoms with Gasteiger partial charge >= 0.3 is 0 Å². The van der Waals surface area contributed by atoms with E-state index in [-0.39, 0.29) is 17.4 Å². The zero-order valence-corrected chi connectivity index (χ0v) is 18.3. The summed E-state index contributed by atoms with van der Waals surface area (Å²) in [6.45, 7) is 2.04. The van der Waals surface area contributed by atoms with Gasteiger partial charge in [-0.05, 0) is 29.8 Å². The Hall–Kier alpha value is -3.83. The Kier molecular flexibility index (Phi) is 4.64. The molecule has 0 aliphatic carbocycles. The molecule has 1 fully saturated rings. The van der Waals surface area contributed by atoms with E-state index in [1.807, 2.05) is 42.6 Å². The molecule has 0 spiro atoms. The number of nitrogens with one attached hydrogen (secondary N) is 1. The Bertz CT molecular complexity index is 1420. The minimum Gasteiger partial charge on any atom is -0.464 e. The Morgan fingerprint density at radius 1 is 1.28 bits per heavy atom. The van der Waals surface area contributed by atoms with E-state index in [9.17, 15) is 10.1 Å². The molecule has 5 rings (SSSR count). The number of nitriles is 1. The summed E-state index contributed by atoms with van der Waals surface area (Å²) in [7, 11) is 1.66. The van der Waals surface area contributed by atoms with Crippen molar-refractivity contribution in [3.8, 4) is 17.3 Å². The average molecular weight is 442 g/mol. The average Bonchev–Trinajstić information content (AvgIpc) is 3.47. The highest BCUT2D eigenvalue weighted by Crippen LogP contribution is 2.49. The van der Waals surface area contributed by atoms with Gasteiger partial charge in [0, 0.05) is 52.5 Å². The van der Waals surface area contributed by atoms with Gasteiger partial charge in [0.25, 0.3) is 0 Å². The normalized spacial score (nSPS) is 21.2. The van der Waals surface area contributed by atoms with Crippen molar-refractivity contribution in [1.29, 1.82) is 10.7 Å². The minimum absolute atomic E-state index is 0.112. The van der Waals surface area contributed by atoms with Crippen LogP contribution in [0.2, 0.25) is 0 Å². The molecule has 0 saturated carbocycles. The van der Waals surface area contributed by atoms with Crippen molar-refractivity contribution in [3.05, 3.63) is 70.5 Å². The van der Waals surface area contributed by atoms with Crippen molar-refractivity contribution in [1.82, 2.24) is 14.9 Å². The highest BCUT2D eigenvalue weighted by Gasteiger charge is 2.49. The number of likely N-dealkylation sites (N-methyl/N-ethyl adjacent to an activating group) is 1. The summed E-state index contributed by atoms with van der Waals surface area (Å²) in [6, 6.07) is 11.8. The van der Waals surface area contributed by atoms with Gasteiger partial charge in [-0.3, -0.25) is 15.2 Å². The molecule has 4 heterocycles. The number of furan rings is 1. The van der Waals surface area contributed by atoms with Crippen LogP contribution in [-0.4, -0.2) is 33.7 Å². The molecule has 4 aromatic rings. The number of carbonyl (C=O) groups excluding carboxylic acids is 1. The number of benzene rings is 1. The number of thiophene rings is 1. The van der Waals surface area contributed by atoms with Crippen molar-refractivity contribution in [2.24, 2.45) is 0 Å². The van der Waals surface area contributed by atoms with Gasteiger partial charge in [-0.1, -0.05) is 13.0 Å². The molecule has 1 saturated heterocycles. The number of fused-ring (bicyclic) bond motifs is 1. The summed E-state index contributed by atoms with van der Waals surface area (Å²) < 4.78 is 5.47. The van der Waals surface area contributed by atoms with Crippen LogP contribution in [0.5, 0.6) is 0 Å². The molecular formula is C24H19N5O2S. The number of piperidine rings is 1. The summed E-state index contributed by atoms with van der Waals surface area (Å²) in [5.74, 6) is -0.297. The molecule has 2 atom stereocenters. The molecule has 1 N–H and O–H groups in total. The van der Waals surface area contributed by atoms with E-state index in [1.54, 1.807) is 19.5 Å². The standard InChI is InChI=1S/C24H19N5O2S/c1-24(19-10-16(13-32-19)22-17(12-25)27-6-7-28-22)11-20(26)29(2)23(30)21(24)15-3-4-18-14(9-15)5-8-31-18/h3-10,13,21,26H,11H2,1-2H3/t21-,24-/m1/s1. The summed E-state index contributed by atoms with van der Waals surface area (Å²) in [5, 5.41) is 20.7. The van der Waals surface area contributed by atoms with E-state index in [0.717, 1.165) is 27.0 Å². The topological polar surface area (TPSA) is 107 Å². The smallest absolute Gasteiger partial charge is 0.236 e. The van der Waals surface area contributed by atoms with Gasteiger partial charge in [-0.25, -0.2) is 4.98 Å². The third kappa shape index (κ3) is 3.01. The van der Waals surface area contributed by atoms with Crippen LogP contribution in [0.15, 0.2) is 58.8 Å². The van der Waals surface area contributed by atoms with Crippen LogP contribution in [0, 0.1) is 16.7 Å². The third-order valence-electron chi connectivity index (χ3n) is 6.20. The zero-order valence-electron chi connectivity index (χ0n) is 17.5. The second kappa shape index (κ2) is 7.39. The van der Waals surface area contributed by atoms with Crippen LogP contribution in [0.25, 0.3) is 22.2 Å². The monoisotopic (exact) mass is 441 g/mol. The maximum atomic E-state index is 13.5. The van der Waals surface area contributed by atoms with Crippen molar-refractivity contribution >= 4 is 34.0 Å². The Morgan fingerprint density at radius 3 is 2.91 bits per heavy atom. The van der Waals surface area contributed by atoms with Crippen molar-refractivity contribution in [3.63, 3.8) is 0 Å². The molecule has 7 nitrogen and oxygen atoms in total. The van der Waals surface area contributed by atoms with E-state index < -0.39 is 11.3 Å². The lowest BCUT2D eigenvalue weighted by atomic mass is 9.67. The molecule has 1 aliphatic heterocycles. The van der Waals surface area contributed by atoms with Crippen LogP contribution < -0.4 is 0 Å². The number of carbonyl (C=O) groups is 1. The first kappa shape index (κ1) is 20.1. The molecule has 0 unspecified atom stereocenters. The second-order valence-electron chi connectivity index (χ2n) is 8.15. The first-order valence-electron chi connectivity index (χ1n) is 10.0. The van der Waals surface area contributed by atoms with E-state index in [1.165, 1.54) is 22.4 Å². The molecule has 0 radical (unpaired) electrons. The van der Waals surface area contributed by atoms with Crippen LogP contribution in [0.1, 0.15) is 35.4 Å². The zero-order chi connectivity index (χ0) is 22.5. The fourth-order valence-electron chi connectivity index (χ4n) is 4.46. The maximum Gasteiger partial charge on any atom is 0.236 e. The molecule has 158 valence electrons. The van der Waals surface area contributed by atoms with Gasteiger partial charge in [0.15, 0.2) is 5.69 Å². The lowest BCUT2D eigenvalue weighted by molar-refractivity contribution is -0.131. The number of hydrogen-bond acceptors (Lipinski definition) is 7. The fraction of sp³-hybridized carbons (Fsp3) is 0.208. The minimum atomic E-state index is -0.629. The largest absolute Gasteiger partial charge is 0.464 e. The number of amides is 1. The first-order chi connectivity index (χ1) is 15.4. The Balaban J connectivity index is 1.64. The van der Waals surface area contributed by atoms with Crippen molar-refractivity contribution in [2.75, 3.05) is 7.05 Å². The van der Waals surface area contributed by atoms with Crippen LogP contribution in [-0.2, 0) is 10.2 Å². The SMILES string of the molecule is CN1C(=N)C[C@](C)(c2cc(-c3nccnc3C#N)cs2)[C@H](c2ccc3occc3c2)C1=O. The molecule has 3 aromatic heterocycles. The fourth-order valence-corrected chi connectivity index (χ4v) is 5.55. The summed E-state index contributed by atoms with van der Waals surface area (Å²) in [4.78, 5) is 24.3. The quantitative estimate of drug-likeness (QED) is 0.496.